The fourth-order valence-electron chi connectivity index (χ4n) is 4.49. The number of hydrogen-bond acceptors (Lipinski definition) is 4. The molecule has 0 amide bonds. The van der Waals surface area contributed by atoms with E-state index in [0.717, 1.165) is 24.1 Å². The second-order valence-electron chi connectivity index (χ2n) is 8.59. The van der Waals surface area contributed by atoms with Crippen molar-refractivity contribution in [2.75, 3.05) is 12.3 Å². The molecule has 0 aromatic heterocycles. The van der Waals surface area contributed by atoms with Crippen molar-refractivity contribution < 1.29 is 9.47 Å². The average molecular weight is 457 g/mol. The lowest BCUT2D eigenvalue weighted by atomic mass is 10.0. The van der Waals surface area contributed by atoms with Crippen LogP contribution in [0.3, 0.4) is 0 Å². The molecule has 0 fully saturated rings. The summed E-state index contributed by atoms with van der Waals surface area (Å²) in [5.41, 5.74) is 2.40. The fraction of sp³-hybridized carbons (Fsp3) is 0.286. The molecule has 3 aromatic carbocycles. The van der Waals surface area contributed by atoms with Crippen molar-refractivity contribution in [3.8, 4) is 0 Å². The van der Waals surface area contributed by atoms with Gasteiger partial charge in [0.15, 0.2) is 11.8 Å². The molecule has 4 nitrogen and oxygen atoms in total. The number of benzene rings is 3. The van der Waals surface area contributed by atoms with Gasteiger partial charge in [-0.05, 0) is 30.3 Å². The van der Waals surface area contributed by atoms with Crippen molar-refractivity contribution in [2.24, 2.45) is 9.98 Å². The van der Waals surface area contributed by atoms with E-state index in [-0.39, 0.29) is 24.3 Å². The van der Waals surface area contributed by atoms with E-state index in [2.05, 4.69) is 92.7 Å². The highest BCUT2D eigenvalue weighted by Gasteiger charge is 2.33. The second kappa shape index (κ2) is 9.89. The van der Waals surface area contributed by atoms with Crippen molar-refractivity contribution in [3.05, 3.63) is 102 Å². The van der Waals surface area contributed by atoms with Gasteiger partial charge in [-0.1, -0.05) is 98.9 Å². The van der Waals surface area contributed by atoms with E-state index in [1.807, 2.05) is 12.1 Å². The zero-order valence-electron chi connectivity index (χ0n) is 19.0. The van der Waals surface area contributed by atoms with Crippen molar-refractivity contribution in [1.29, 1.82) is 0 Å². The molecule has 2 aliphatic rings. The predicted octanol–water partition coefficient (Wildman–Crippen LogP) is 5.91. The summed E-state index contributed by atoms with van der Waals surface area (Å²) >= 11 is 0. The highest BCUT2D eigenvalue weighted by atomic mass is 31.1. The van der Waals surface area contributed by atoms with Crippen LogP contribution in [-0.2, 0) is 9.47 Å². The van der Waals surface area contributed by atoms with Crippen LogP contribution in [0.15, 0.2) is 101 Å². The third kappa shape index (κ3) is 5.02. The molecule has 0 aliphatic carbocycles. The maximum Gasteiger partial charge on any atom is 0.189 e. The standard InChI is InChI=1S/C28H29N2O2P/c1-20-27(22-12-6-3-7-13-22)29-25(31-20)18-33(24-16-10-5-11-17-24)19-26-30-28(21(2)32-26)23-14-8-4-9-15-23/h3-17,20-21,27-28H,18-19H2,1-2H3/t20-,21-,27+,28+/m1/s1. The summed E-state index contributed by atoms with van der Waals surface area (Å²) in [6, 6.07) is 31.6. The number of hydrogen-bond donors (Lipinski definition) is 0. The van der Waals surface area contributed by atoms with Gasteiger partial charge in [0.25, 0.3) is 0 Å². The van der Waals surface area contributed by atoms with Crippen LogP contribution in [0.1, 0.15) is 37.1 Å². The Kier molecular flexibility index (Phi) is 6.55. The molecule has 0 unspecified atom stereocenters. The largest absolute Gasteiger partial charge is 0.475 e. The van der Waals surface area contributed by atoms with Gasteiger partial charge in [0.2, 0.25) is 0 Å². The summed E-state index contributed by atoms with van der Waals surface area (Å²) in [6.45, 7) is 4.21. The quantitative estimate of drug-likeness (QED) is 0.415. The molecule has 2 aliphatic heterocycles. The Morgan fingerprint density at radius 3 is 1.42 bits per heavy atom. The van der Waals surface area contributed by atoms with Gasteiger partial charge in [0.1, 0.15) is 24.3 Å². The van der Waals surface area contributed by atoms with E-state index in [1.54, 1.807) is 0 Å². The fourth-order valence-corrected chi connectivity index (χ4v) is 6.53. The minimum atomic E-state index is -0.603. The molecule has 0 saturated heterocycles. The van der Waals surface area contributed by atoms with Gasteiger partial charge in [0, 0.05) is 12.3 Å². The Labute approximate surface area is 197 Å². The van der Waals surface area contributed by atoms with E-state index >= 15 is 0 Å². The van der Waals surface area contributed by atoms with Crippen molar-refractivity contribution in [1.82, 2.24) is 0 Å². The number of nitrogens with zero attached hydrogens (tertiary/aromatic N) is 2. The smallest absolute Gasteiger partial charge is 0.189 e. The third-order valence-electron chi connectivity index (χ3n) is 6.16. The highest BCUT2D eigenvalue weighted by molar-refractivity contribution is 7.67. The Hall–Kier alpha value is -2.97. The van der Waals surface area contributed by atoms with Crippen LogP contribution in [0.25, 0.3) is 0 Å². The number of rotatable bonds is 7. The first-order valence-electron chi connectivity index (χ1n) is 11.5. The molecule has 168 valence electrons. The number of ether oxygens (including phenoxy) is 2. The Morgan fingerprint density at radius 2 is 1.00 bits per heavy atom. The molecule has 0 N–H and O–H groups in total. The summed E-state index contributed by atoms with van der Waals surface area (Å²) in [5, 5.41) is 1.32. The van der Waals surface area contributed by atoms with Crippen LogP contribution in [0.4, 0.5) is 0 Å². The lowest BCUT2D eigenvalue weighted by Crippen LogP contribution is -2.19. The van der Waals surface area contributed by atoms with Gasteiger partial charge in [-0.3, -0.25) is 0 Å². The third-order valence-corrected chi connectivity index (χ3v) is 8.49. The summed E-state index contributed by atoms with van der Waals surface area (Å²) in [7, 11) is -0.603. The Bertz CT molecular complexity index is 1050. The predicted molar refractivity (Wildman–Crippen MR) is 137 cm³/mol. The van der Waals surface area contributed by atoms with Crippen LogP contribution in [0.5, 0.6) is 0 Å². The summed E-state index contributed by atoms with van der Waals surface area (Å²) < 4.78 is 12.5. The summed E-state index contributed by atoms with van der Waals surface area (Å²) in [5.74, 6) is 1.69. The molecular formula is C28H29N2O2P. The number of aliphatic imine (C=N–C) groups is 2. The zero-order valence-corrected chi connectivity index (χ0v) is 19.9. The van der Waals surface area contributed by atoms with Crippen LogP contribution < -0.4 is 5.30 Å². The monoisotopic (exact) mass is 456 g/mol. The normalized spacial score (nSPS) is 24.2. The van der Waals surface area contributed by atoms with Crippen LogP contribution in [0, 0.1) is 0 Å². The van der Waals surface area contributed by atoms with Gasteiger partial charge < -0.3 is 9.47 Å². The van der Waals surface area contributed by atoms with E-state index < -0.39 is 7.92 Å². The first-order chi connectivity index (χ1) is 16.2. The molecule has 0 radical (unpaired) electrons. The Balaban J connectivity index is 1.37. The van der Waals surface area contributed by atoms with Gasteiger partial charge in [-0.25, -0.2) is 9.98 Å². The molecule has 5 heteroatoms. The van der Waals surface area contributed by atoms with Crippen LogP contribution in [0.2, 0.25) is 0 Å². The molecule has 33 heavy (non-hydrogen) atoms. The van der Waals surface area contributed by atoms with Gasteiger partial charge in [-0.15, -0.1) is 0 Å². The lowest BCUT2D eigenvalue weighted by Gasteiger charge is -2.19. The van der Waals surface area contributed by atoms with Gasteiger partial charge in [-0.2, -0.15) is 0 Å². The first-order valence-corrected chi connectivity index (χ1v) is 13.2. The topological polar surface area (TPSA) is 43.2 Å². The molecule has 0 bridgehead atoms. The maximum atomic E-state index is 6.24. The summed E-state index contributed by atoms with van der Waals surface area (Å²) in [4.78, 5) is 9.97. The molecule has 0 saturated carbocycles. The van der Waals surface area contributed by atoms with E-state index in [9.17, 15) is 0 Å². The summed E-state index contributed by atoms with van der Waals surface area (Å²) in [6.07, 6.45) is 1.66. The molecule has 5 rings (SSSR count). The van der Waals surface area contributed by atoms with E-state index in [0.29, 0.717) is 0 Å². The highest BCUT2D eigenvalue weighted by Crippen LogP contribution is 2.40. The average Bonchev–Trinajstić information content (AvgIpc) is 3.42. The molecule has 4 atom stereocenters. The van der Waals surface area contributed by atoms with E-state index in [1.165, 1.54) is 16.4 Å². The molecule has 2 heterocycles. The minimum absolute atomic E-state index is 0.0394. The lowest BCUT2D eigenvalue weighted by molar-refractivity contribution is 0.212. The van der Waals surface area contributed by atoms with Crippen molar-refractivity contribution >= 4 is 25.0 Å². The van der Waals surface area contributed by atoms with Crippen LogP contribution >= 0.6 is 7.92 Å². The van der Waals surface area contributed by atoms with Gasteiger partial charge in [0.05, 0.1) is 0 Å². The minimum Gasteiger partial charge on any atom is -0.475 e. The molecule has 3 aromatic rings. The van der Waals surface area contributed by atoms with Crippen molar-refractivity contribution in [2.45, 2.75) is 38.1 Å². The SMILES string of the molecule is C[C@H]1OC(CP(CC2=N[C@H](c3ccccc3)[C@@H](C)O2)c2ccccc2)=N[C@@H]1c1ccccc1. The molecule has 0 spiro atoms. The first kappa shape index (κ1) is 21.9. The maximum absolute atomic E-state index is 6.24. The Morgan fingerprint density at radius 1 is 0.606 bits per heavy atom. The van der Waals surface area contributed by atoms with Crippen LogP contribution in [-0.4, -0.2) is 36.3 Å². The van der Waals surface area contributed by atoms with E-state index in [4.69, 9.17) is 19.5 Å². The van der Waals surface area contributed by atoms with Crippen molar-refractivity contribution in [3.63, 3.8) is 0 Å². The zero-order chi connectivity index (χ0) is 22.6. The van der Waals surface area contributed by atoms with Gasteiger partial charge >= 0.3 is 0 Å². The second-order valence-corrected chi connectivity index (χ2v) is 10.8. The molecular weight excluding hydrogens is 427 g/mol.